The third kappa shape index (κ3) is 5.05. The Bertz CT molecular complexity index is 835. The number of aromatic nitrogens is 2. The van der Waals surface area contributed by atoms with Crippen molar-refractivity contribution >= 4 is 23.1 Å². The first-order valence-corrected chi connectivity index (χ1v) is 9.39. The van der Waals surface area contributed by atoms with Crippen molar-refractivity contribution in [2.45, 2.75) is 25.9 Å². The zero-order valence-electron chi connectivity index (χ0n) is 15.9. The fourth-order valence-corrected chi connectivity index (χ4v) is 3.21. The molecule has 1 fully saturated rings. The molecule has 2 aromatic rings. The minimum Gasteiger partial charge on any atom is -0.382 e. The monoisotopic (exact) mass is 410 g/mol. The van der Waals surface area contributed by atoms with Crippen LogP contribution in [0.2, 0.25) is 5.02 Å². The summed E-state index contributed by atoms with van der Waals surface area (Å²) < 4.78 is 23.5. The normalized spacial score (nSPS) is 16.5. The molecule has 0 amide bonds. The smallest absolute Gasteiger partial charge is 0.174 e. The van der Waals surface area contributed by atoms with E-state index in [0.717, 1.165) is 32.8 Å². The summed E-state index contributed by atoms with van der Waals surface area (Å²) in [5.41, 5.74) is 7.31. The quantitative estimate of drug-likeness (QED) is 0.532. The van der Waals surface area contributed by atoms with Gasteiger partial charge in [0.25, 0.3) is 0 Å². The average Bonchev–Trinajstić information content (AvgIpc) is 3.14. The summed E-state index contributed by atoms with van der Waals surface area (Å²) in [5, 5.41) is 11.1. The van der Waals surface area contributed by atoms with E-state index in [1.54, 1.807) is 0 Å². The lowest BCUT2D eigenvalue weighted by Gasteiger charge is -2.41. The number of halogens is 2. The first-order valence-electron chi connectivity index (χ1n) is 9.01. The van der Waals surface area contributed by atoms with Crippen LogP contribution >= 0.6 is 11.6 Å². The molecule has 3 rings (SSSR count). The molecule has 0 spiro atoms. The van der Waals surface area contributed by atoms with Crippen molar-refractivity contribution in [3.05, 3.63) is 40.4 Å². The number of aliphatic imine (C=N–C) groups is 1. The molecule has 0 aliphatic carbocycles. The van der Waals surface area contributed by atoms with Gasteiger partial charge in [-0.05, 0) is 37.2 Å². The van der Waals surface area contributed by atoms with Gasteiger partial charge in [0.05, 0.1) is 23.9 Å². The molecule has 1 saturated heterocycles. The van der Waals surface area contributed by atoms with E-state index in [-0.39, 0.29) is 16.4 Å². The second-order valence-electron chi connectivity index (χ2n) is 7.17. The van der Waals surface area contributed by atoms with Crippen LogP contribution in [0, 0.1) is 5.82 Å². The summed E-state index contributed by atoms with van der Waals surface area (Å²) in [6, 6.07) is 4.09. The molecule has 0 saturated carbocycles. The van der Waals surface area contributed by atoms with E-state index >= 15 is 0 Å². The van der Waals surface area contributed by atoms with Crippen LogP contribution in [0.25, 0.3) is 0 Å². The van der Waals surface area contributed by atoms with Crippen molar-refractivity contribution in [1.82, 2.24) is 20.5 Å². The number of ether oxygens (including phenoxy) is 1. The number of benzene rings is 1. The maximum atomic E-state index is 13.3. The SMILES string of the molecule is CC(C)(CNCc1nonc1C(N)=Nc1ccc(F)c(Cl)c1)N1CCOCC1. The first-order chi connectivity index (χ1) is 13.4. The lowest BCUT2D eigenvalue weighted by Crippen LogP contribution is -2.54. The Hall–Kier alpha value is -2.07. The zero-order chi connectivity index (χ0) is 20.1. The van der Waals surface area contributed by atoms with Gasteiger partial charge in [0.1, 0.15) is 11.5 Å². The van der Waals surface area contributed by atoms with Gasteiger partial charge in [0, 0.05) is 31.7 Å². The maximum Gasteiger partial charge on any atom is 0.174 e. The fourth-order valence-electron chi connectivity index (χ4n) is 3.03. The molecule has 8 nitrogen and oxygen atoms in total. The third-order valence-corrected chi connectivity index (χ3v) is 4.96. The molecular weight excluding hydrogens is 387 g/mol. The van der Waals surface area contributed by atoms with Gasteiger partial charge in [-0.1, -0.05) is 16.8 Å². The molecule has 0 unspecified atom stereocenters. The Labute approximate surface area is 167 Å². The molecular formula is C18H24ClFN6O2. The van der Waals surface area contributed by atoms with Gasteiger partial charge in [-0.15, -0.1) is 0 Å². The highest BCUT2D eigenvalue weighted by Crippen LogP contribution is 2.22. The highest BCUT2D eigenvalue weighted by Gasteiger charge is 2.28. The second kappa shape index (κ2) is 8.95. The molecule has 1 aliphatic heterocycles. The molecule has 152 valence electrons. The van der Waals surface area contributed by atoms with Crippen LogP contribution in [-0.4, -0.2) is 59.4 Å². The van der Waals surface area contributed by atoms with Crippen molar-refractivity contribution < 1.29 is 13.8 Å². The number of amidine groups is 1. The minimum absolute atomic E-state index is 0.0282. The van der Waals surface area contributed by atoms with E-state index in [1.807, 2.05) is 0 Å². The number of nitrogens with zero attached hydrogens (tertiary/aromatic N) is 4. The summed E-state index contributed by atoms with van der Waals surface area (Å²) in [4.78, 5) is 6.61. The summed E-state index contributed by atoms with van der Waals surface area (Å²) in [6.45, 7) is 8.85. The Morgan fingerprint density at radius 1 is 1.36 bits per heavy atom. The van der Waals surface area contributed by atoms with Gasteiger partial charge in [0.15, 0.2) is 11.5 Å². The Balaban J connectivity index is 1.63. The van der Waals surface area contributed by atoms with Gasteiger partial charge in [-0.3, -0.25) is 4.90 Å². The highest BCUT2D eigenvalue weighted by atomic mass is 35.5. The minimum atomic E-state index is -0.518. The third-order valence-electron chi connectivity index (χ3n) is 4.67. The number of nitrogens with two attached hydrogens (primary N) is 1. The van der Waals surface area contributed by atoms with Crippen LogP contribution in [0.4, 0.5) is 10.1 Å². The van der Waals surface area contributed by atoms with Crippen LogP contribution < -0.4 is 11.1 Å². The predicted octanol–water partition coefficient (Wildman–Crippen LogP) is 2.10. The predicted molar refractivity (Wildman–Crippen MR) is 104 cm³/mol. The van der Waals surface area contributed by atoms with Crippen LogP contribution in [0.3, 0.4) is 0 Å². The van der Waals surface area contributed by atoms with Gasteiger partial charge in [0.2, 0.25) is 0 Å². The summed E-state index contributed by atoms with van der Waals surface area (Å²) in [7, 11) is 0. The summed E-state index contributed by atoms with van der Waals surface area (Å²) in [6.07, 6.45) is 0. The molecule has 0 bridgehead atoms. The van der Waals surface area contributed by atoms with Crippen LogP contribution in [-0.2, 0) is 11.3 Å². The number of rotatable bonds is 7. The van der Waals surface area contributed by atoms with E-state index in [4.69, 9.17) is 26.7 Å². The molecule has 2 heterocycles. The van der Waals surface area contributed by atoms with Gasteiger partial charge in [-0.2, -0.15) is 0 Å². The number of morpholine rings is 1. The van der Waals surface area contributed by atoms with E-state index < -0.39 is 5.82 Å². The largest absolute Gasteiger partial charge is 0.382 e. The molecule has 10 heteroatoms. The van der Waals surface area contributed by atoms with Crippen molar-refractivity contribution in [2.75, 3.05) is 32.8 Å². The Morgan fingerprint density at radius 3 is 2.82 bits per heavy atom. The van der Waals surface area contributed by atoms with Crippen LogP contribution in [0.5, 0.6) is 0 Å². The van der Waals surface area contributed by atoms with Gasteiger partial charge >= 0.3 is 0 Å². The standard InChI is InChI=1S/C18H24ClFN6O2/c1-18(2,26-5-7-27-8-6-26)11-22-10-15-16(25-28-24-15)17(21)23-12-3-4-14(20)13(19)9-12/h3-4,9,22H,5-8,10-11H2,1-2H3,(H2,21,23). The summed E-state index contributed by atoms with van der Waals surface area (Å²) in [5.74, 6) is -0.400. The zero-order valence-corrected chi connectivity index (χ0v) is 16.7. The molecule has 1 aliphatic rings. The molecule has 3 N–H and O–H groups in total. The topological polar surface area (TPSA) is 102 Å². The first kappa shape index (κ1) is 20.7. The van der Waals surface area contributed by atoms with E-state index in [1.165, 1.54) is 18.2 Å². The lowest BCUT2D eigenvalue weighted by atomic mass is 10.0. The molecule has 1 aromatic carbocycles. The second-order valence-corrected chi connectivity index (χ2v) is 7.58. The van der Waals surface area contributed by atoms with Crippen molar-refractivity contribution in [3.8, 4) is 0 Å². The molecule has 1 aromatic heterocycles. The molecule has 28 heavy (non-hydrogen) atoms. The number of nitrogens with one attached hydrogen (secondary N) is 1. The van der Waals surface area contributed by atoms with E-state index in [2.05, 4.69) is 39.4 Å². The van der Waals surface area contributed by atoms with Gasteiger partial charge < -0.3 is 15.8 Å². The molecule has 0 atom stereocenters. The maximum absolute atomic E-state index is 13.3. The summed E-state index contributed by atoms with van der Waals surface area (Å²) >= 11 is 5.78. The lowest BCUT2D eigenvalue weighted by molar-refractivity contribution is -0.00970. The Morgan fingerprint density at radius 2 is 2.11 bits per heavy atom. The highest BCUT2D eigenvalue weighted by molar-refractivity contribution is 6.31. The van der Waals surface area contributed by atoms with Crippen LogP contribution in [0.15, 0.2) is 27.8 Å². The van der Waals surface area contributed by atoms with Crippen molar-refractivity contribution in [1.29, 1.82) is 0 Å². The fraction of sp³-hybridized carbons (Fsp3) is 0.500. The van der Waals surface area contributed by atoms with Crippen LogP contribution in [0.1, 0.15) is 25.2 Å². The Kier molecular flexibility index (Phi) is 6.61. The molecule has 0 radical (unpaired) electrons. The van der Waals surface area contributed by atoms with E-state index in [9.17, 15) is 4.39 Å². The van der Waals surface area contributed by atoms with Gasteiger partial charge in [-0.25, -0.2) is 14.0 Å². The average molecular weight is 411 g/mol. The van der Waals surface area contributed by atoms with E-state index in [0.29, 0.717) is 23.6 Å². The van der Waals surface area contributed by atoms with Crippen molar-refractivity contribution in [3.63, 3.8) is 0 Å². The number of hydrogen-bond donors (Lipinski definition) is 2. The number of hydrogen-bond acceptors (Lipinski definition) is 7. The van der Waals surface area contributed by atoms with Crippen molar-refractivity contribution in [2.24, 2.45) is 10.7 Å².